The van der Waals surface area contributed by atoms with Crippen LogP contribution in [0.4, 0.5) is 5.13 Å². The van der Waals surface area contributed by atoms with E-state index in [0.29, 0.717) is 10.5 Å². The Bertz CT molecular complexity index is 376. The van der Waals surface area contributed by atoms with E-state index >= 15 is 0 Å². The molecular formula is C11H18ClN3S. The predicted molar refractivity (Wildman–Crippen MR) is 69.8 cm³/mol. The lowest BCUT2D eigenvalue weighted by atomic mass is 10.1. The third kappa shape index (κ3) is 1.83. The zero-order valence-corrected chi connectivity index (χ0v) is 11.3. The Morgan fingerprint density at radius 2 is 2.12 bits per heavy atom. The maximum Gasteiger partial charge on any atom is 0.180 e. The first kappa shape index (κ1) is 12.1. The van der Waals surface area contributed by atoms with Crippen molar-refractivity contribution in [2.45, 2.75) is 20.4 Å². The van der Waals surface area contributed by atoms with Gasteiger partial charge in [0.05, 0.1) is 0 Å². The quantitative estimate of drug-likeness (QED) is 0.886. The number of nitrogens with zero attached hydrogens (tertiary/aromatic N) is 2. The van der Waals surface area contributed by atoms with Crippen LogP contribution < -0.4 is 5.73 Å². The molecule has 1 aliphatic carbocycles. The van der Waals surface area contributed by atoms with Crippen LogP contribution in [0.2, 0.25) is 0 Å². The minimum absolute atomic E-state index is 0. The second kappa shape index (κ2) is 3.86. The normalized spacial score (nSPS) is 30.9. The van der Waals surface area contributed by atoms with Crippen molar-refractivity contribution in [1.82, 2.24) is 9.88 Å². The van der Waals surface area contributed by atoms with Crippen molar-refractivity contribution < 1.29 is 0 Å². The number of piperidine rings is 1. The van der Waals surface area contributed by atoms with Gasteiger partial charge in [-0.05, 0) is 17.3 Å². The molecule has 16 heavy (non-hydrogen) atoms. The predicted octanol–water partition coefficient (Wildman–Crippen LogP) is 2.23. The molecule has 2 heterocycles. The first-order chi connectivity index (χ1) is 7.07. The fourth-order valence-electron chi connectivity index (χ4n) is 2.96. The summed E-state index contributed by atoms with van der Waals surface area (Å²) < 4.78 is 0. The monoisotopic (exact) mass is 259 g/mol. The number of rotatable bonds is 2. The molecule has 0 bridgehead atoms. The van der Waals surface area contributed by atoms with Crippen molar-refractivity contribution >= 4 is 28.9 Å². The molecule has 2 unspecified atom stereocenters. The molecule has 0 radical (unpaired) electrons. The summed E-state index contributed by atoms with van der Waals surface area (Å²) in [6, 6.07) is 0. The number of thiazole rings is 1. The van der Waals surface area contributed by atoms with Gasteiger partial charge in [0.1, 0.15) is 0 Å². The smallest absolute Gasteiger partial charge is 0.180 e. The second-order valence-electron chi connectivity index (χ2n) is 5.39. The molecule has 1 aliphatic heterocycles. The standard InChI is InChI=1S/C11H17N3S.ClH/c1-11(2)8-5-14(6-9(8)11)4-7-3-13-10(12)15-7;/h3,8-9H,4-6H2,1-2H3,(H2,12,13);1H. The minimum atomic E-state index is 0. The van der Waals surface area contributed by atoms with Gasteiger partial charge in [-0.15, -0.1) is 23.7 Å². The Morgan fingerprint density at radius 1 is 1.50 bits per heavy atom. The molecule has 3 nitrogen and oxygen atoms in total. The number of likely N-dealkylation sites (tertiary alicyclic amines) is 1. The summed E-state index contributed by atoms with van der Waals surface area (Å²) in [6.07, 6.45) is 1.91. The van der Waals surface area contributed by atoms with E-state index in [1.807, 2.05) is 6.20 Å². The van der Waals surface area contributed by atoms with Crippen LogP contribution in [0, 0.1) is 17.3 Å². The Balaban J connectivity index is 0.000000963. The molecule has 0 aromatic carbocycles. The van der Waals surface area contributed by atoms with E-state index in [0.717, 1.165) is 18.4 Å². The van der Waals surface area contributed by atoms with Gasteiger partial charge in [0.2, 0.25) is 0 Å². The minimum Gasteiger partial charge on any atom is -0.375 e. The molecule has 2 aliphatic rings. The molecule has 2 N–H and O–H groups in total. The van der Waals surface area contributed by atoms with E-state index in [1.54, 1.807) is 11.3 Å². The van der Waals surface area contributed by atoms with Gasteiger partial charge < -0.3 is 5.73 Å². The molecule has 5 heteroatoms. The van der Waals surface area contributed by atoms with Crippen LogP contribution in [0.25, 0.3) is 0 Å². The molecule has 90 valence electrons. The highest BCUT2D eigenvalue weighted by atomic mass is 35.5. The topological polar surface area (TPSA) is 42.2 Å². The molecule has 1 saturated heterocycles. The van der Waals surface area contributed by atoms with E-state index < -0.39 is 0 Å². The van der Waals surface area contributed by atoms with Crippen molar-refractivity contribution in [2.75, 3.05) is 18.8 Å². The Hall–Kier alpha value is -0.320. The number of nitrogen functional groups attached to an aromatic ring is 1. The molecule has 1 aromatic heterocycles. The first-order valence-corrected chi connectivity index (χ1v) is 6.31. The van der Waals surface area contributed by atoms with Crippen molar-refractivity contribution in [3.63, 3.8) is 0 Å². The van der Waals surface area contributed by atoms with Gasteiger partial charge in [-0.2, -0.15) is 0 Å². The number of halogens is 1. The molecule has 1 aromatic rings. The van der Waals surface area contributed by atoms with Crippen molar-refractivity contribution in [2.24, 2.45) is 17.3 Å². The summed E-state index contributed by atoms with van der Waals surface area (Å²) in [6.45, 7) is 8.34. The SMILES string of the molecule is CC1(C)C2CN(Cc3cnc(N)s3)CC21.Cl. The molecule has 2 atom stereocenters. The molecule has 0 amide bonds. The fraction of sp³-hybridized carbons (Fsp3) is 0.727. The number of hydrogen-bond donors (Lipinski definition) is 1. The van der Waals surface area contributed by atoms with Crippen LogP contribution in [-0.4, -0.2) is 23.0 Å². The van der Waals surface area contributed by atoms with Gasteiger partial charge in [0.15, 0.2) is 5.13 Å². The summed E-state index contributed by atoms with van der Waals surface area (Å²) in [5.74, 6) is 1.87. The van der Waals surface area contributed by atoms with Gasteiger partial charge >= 0.3 is 0 Å². The maximum atomic E-state index is 5.62. The highest BCUT2D eigenvalue weighted by Gasteiger charge is 2.61. The highest BCUT2D eigenvalue weighted by molar-refractivity contribution is 7.15. The third-order valence-electron chi connectivity index (χ3n) is 4.15. The van der Waals surface area contributed by atoms with Crippen molar-refractivity contribution in [1.29, 1.82) is 0 Å². The van der Waals surface area contributed by atoms with Gasteiger partial charge in [-0.3, -0.25) is 4.90 Å². The lowest BCUT2D eigenvalue weighted by Gasteiger charge is -2.20. The van der Waals surface area contributed by atoms with Gasteiger partial charge in [0.25, 0.3) is 0 Å². The molecular weight excluding hydrogens is 242 g/mol. The average molecular weight is 260 g/mol. The summed E-state index contributed by atoms with van der Waals surface area (Å²) in [4.78, 5) is 7.92. The molecule has 0 spiro atoms. The van der Waals surface area contributed by atoms with Crippen LogP contribution in [0.15, 0.2) is 6.20 Å². The summed E-state index contributed by atoms with van der Waals surface area (Å²) in [5.41, 5.74) is 6.24. The van der Waals surface area contributed by atoms with Crippen molar-refractivity contribution in [3.8, 4) is 0 Å². The number of hydrogen-bond acceptors (Lipinski definition) is 4. The second-order valence-corrected chi connectivity index (χ2v) is 6.54. The van der Waals surface area contributed by atoms with E-state index in [4.69, 9.17) is 5.73 Å². The van der Waals surface area contributed by atoms with Crippen LogP contribution in [-0.2, 0) is 6.54 Å². The van der Waals surface area contributed by atoms with Crippen LogP contribution in [0.1, 0.15) is 18.7 Å². The lowest BCUT2D eigenvalue weighted by Crippen LogP contribution is -2.25. The van der Waals surface area contributed by atoms with E-state index in [1.165, 1.54) is 18.0 Å². The largest absolute Gasteiger partial charge is 0.375 e. The van der Waals surface area contributed by atoms with E-state index in [-0.39, 0.29) is 12.4 Å². The highest BCUT2D eigenvalue weighted by Crippen LogP contribution is 2.62. The van der Waals surface area contributed by atoms with Gasteiger partial charge in [-0.25, -0.2) is 4.98 Å². The zero-order valence-electron chi connectivity index (χ0n) is 9.64. The summed E-state index contributed by atoms with van der Waals surface area (Å²) >= 11 is 1.62. The van der Waals surface area contributed by atoms with Crippen LogP contribution >= 0.6 is 23.7 Å². The number of fused-ring (bicyclic) bond motifs is 1. The number of nitrogens with two attached hydrogens (primary N) is 1. The fourth-order valence-corrected chi connectivity index (χ4v) is 3.69. The van der Waals surface area contributed by atoms with Gasteiger partial charge in [0, 0.05) is 30.7 Å². The summed E-state index contributed by atoms with van der Waals surface area (Å²) in [5, 5.41) is 0.690. The van der Waals surface area contributed by atoms with E-state index in [9.17, 15) is 0 Å². The Labute approximate surface area is 106 Å². The summed E-state index contributed by atoms with van der Waals surface area (Å²) in [7, 11) is 0. The Kier molecular flexibility index (Phi) is 2.93. The lowest BCUT2D eigenvalue weighted by molar-refractivity contribution is 0.253. The van der Waals surface area contributed by atoms with Gasteiger partial charge in [-0.1, -0.05) is 13.8 Å². The number of aromatic nitrogens is 1. The van der Waals surface area contributed by atoms with Crippen molar-refractivity contribution in [3.05, 3.63) is 11.1 Å². The zero-order chi connectivity index (χ0) is 10.6. The van der Waals surface area contributed by atoms with E-state index in [2.05, 4.69) is 23.7 Å². The Morgan fingerprint density at radius 3 is 2.62 bits per heavy atom. The maximum absolute atomic E-state index is 5.62. The molecule has 3 rings (SSSR count). The molecule has 1 saturated carbocycles. The average Bonchev–Trinajstić information content (AvgIpc) is 2.64. The number of anilines is 1. The van der Waals surface area contributed by atoms with Crippen LogP contribution in [0.3, 0.4) is 0 Å². The van der Waals surface area contributed by atoms with Crippen LogP contribution in [0.5, 0.6) is 0 Å². The third-order valence-corrected chi connectivity index (χ3v) is 4.96. The molecule has 2 fully saturated rings. The first-order valence-electron chi connectivity index (χ1n) is 5.50.